The van der Waals surface area contributed by atoms with Crippen molar-refractivity contribution >= 4 is 23.2 Å². The van der Waals surface area contributed by atoms with E-state index in [0.717, 1.165) is 6.42 Å². The first-order chi connectivity index (χ1) is 6.75. The molecule has 1 heterocycles. The van der Waals surface area contributed by atoms with Crippen molar-refractivity contribution in [3.05, 3.63) is 16.5 Å². The third-order valence-electron chi connectivity index (χ3n) is 1.30. The molecular formula is C9H8Cl2N2O. The topological polar surface area (TPSA) is 35.0 Å². The van der Waals surface area contributed by atoms with E-state index in [0.29, 0.717) is 0 Å². The van der Waals surface area contributed by atoms with E-state index in [1.807, 2.05) is 6.92 Å². The van der Waals surface area contributed by atoms with Gasteiger partial charge in [-0.3, -0.25) is 0 Å². The van der Waals surface area contributed by atoms with E-state index in [9.17, 15) is 0 Å². The maximum atomic E-state index is 5.78. The maximum Gasteiger partial charge on any atom is 0.238 e. The van der Waals surface area contributed by atoms with Gasteiger partial charge >= 0.3 is 0 Å². The van der Waals surface area contributed by atoms with Crippen LogP contribution in [0.15, 0.2) is 6.33 Å². The van der Waals surface area contributed by atoms with Gasteiger partial charge in [-0.2, -0.15) is 0 Å². The zero-order valence-corrected chi connectivity index (χ0v) is 9.06. The summed E-state index contributed by atoms with van der Waals surface area (Å²) in [6, 6.07) is 0. The van der Waals surface area contributed by atoms with E-state index in [1.165, 1.54) is 6.33 Å². The standard InChI is InChI=1S/C9H8Cl2N2O/c1-2-3-4-5-14-9-7(10)8(11)12-6-13-9/h6H,2,5H2,1H3. The maximum absolute atomic E-state index is 5.78. The molecule has 0 aliphatic rings. The van der Waals surface area contributed by atoms with Crippen molar-refractivity contribution in [3.8, 4) is 17.7 Å². The Kier molecular flexibility index (Phi) is 4.51. The number of rotatable bonds is 2. The average Bonchev–Trinajstić information content (AvgIpc) is 2.19. The number of hydrogen-bond acceptors (Lipinski definition) is 3. The highest BCUT2D eigenvalue weighted by Crippen LogP contribution is 2.26. The molecule has 0 aliphatic heterocycles. The summed E-state index contributed by atoms with van der Waals surface area (Å²) < 4.78 is 5.18. The summed E-state index contributed by atoms with van der Waals surface area (Å²) in [5, 5.41) is 0.396. The summed E-state index contributed by atoms with van der Waals surface area (Å²) in [5.41, 5.74) is 0. The van der Waals surface area contributed by atoms with E-state index in [-0.39, 0.29) is 22.7 Å². The number of ether oxygens (including phenoxy) is 1. The second kappa shape index (κ2) is 5.69. The summed E-state index contributed by atoms with van der Waals surface area (Å²) >= 11 is 11.4. The molecule has 1 rings (SSSR count). The van der Waals surface area contributed by atoms with Gasteiger partial charge in [0.1, 0.15) is 11.3 Å². The second-order valence-corrected chi connectivity index (χ2v) is 3.02. The third kappa shape index (κ3) is 3.06. The van der Waals surface area contributed by atoms with Crippen LogP contribution in [0.25, 0.3) is 0 Å². The first kappa shape index (κ1) is 11.1. The molecule has 1 aromatic rings. The van der Waals surface area contributed by atoms with Gasteiger partial charge in [0.2, 0.25) is 5.88 Å². The van der Waals surface area contributed by atoms with Crippen LogP contribution in [0.4, 0.5) is 0 Å². The summed E-state index contributed by atoms with van der Waals surface area (Å²) in [4.78, 5) is 7.51. The number of hydrogen-bond donors (Lipinski definition) is 0. The van der Waals surface area contributed by atoms with Crippen molar-refractivity contribution in [1.29, 1.82) is 0 Å². The molecule has 0 N–H and O–H groups in total. The molecule has 0 saturated heterocycles. The molecule has 1 aromatic heterocycles. The van der Waals surface area contributed by atoms with Crippen molar-refractivity contribution < 1.29 is 4.74 Å². The van der Waals surface area contributed by atoms with E-state index in [1.54, 1.807) is 0 Å². The lowest BCUT2D eigenvalue weighted by Crippen LogP contribution is -1.97. The molecule has 0 amide bonds. The predicted molar refractivity (Wildman–Crippen MR) is 55.6 cm³/mol. The highest BCUT2D eigenvalue weighted by atomic mass is 35.5. The van der Waals surface area contributed by atoms with Gasteiger partial charge in [-0.15, -0.1) is 5.92 Å². The molecule has 5 heteroatoms. The summed E-state index contributed by atoms with van der Waals surface area (Å²) in [6.07, 6.45) is 2.08. The monoisotopic (exact) mass is 230 g/mol. The van der Waals surface area contributed by atoms with Crippen molar-refractivity contribution in [2.24, 2.45) is 0 Å². The van der Waals surface area contributed by atoms with Crippen molar-refractivity contribution in [3.63, 3.8) is 0 Å². The number of aromatic nitrogens is 2. The van der Waals surface area contributed by atoms with Crippen molar-refractivity contribution in [2.45, 2.75) is 13.3 Å². The summed E-state index contributed by atoms with van der Waals surface area (Å²) in [7, 11) is 0. The zero-order chi connectivity index (χ0) is 10.4. The van der Waals surface area contributed by atoms with Gasteiger partial charge in [-0.25, -0.2) is 9.97 Å². The molecule has 0 bridgehead atoms. The average molecular weight is 231 g/mol. The fourth-order valence-corrected chi connectivity index (χ4v) is 0.991. The number of halogens is 2. The predicted octanol–water partition coefficient (Wildman–Crippen LogP) is 2.58. The summed E-state index contributed by atoms with van der Waals surface area (Å²) in [5.74, 6) is 5.92. The molecule has 0 fully saturated rings. The SMILES string of the molecule is CCC#CCOc1ncnc(Cl)c1Cl. The minimum Gasteiger partial charge on any atom is -0.463 e. The van der Waals surface area contributed by atoms with Crippen LogP contribution in [0.3, 0.4) is 0 Å². The molecular weight excluding hydrogens is 223 g/mol. The zero-order valence-electron chi connectivity index (χ0n) is 7.55. The Morgan fingerprint density at radius 1 is 1.36 bits per heavy atom. The first-order valence-electron chi connectivity index (χ1n) is 4.00. The lowest BCUT2D eigenvalue weighted by Gasteiger charge is -2.02. The lowest BCUT2D eigenvalue weighted by atomic mass is 10.5. The van der Waals surface area contributed by atoms with E-state index in [4.69, 9.17) is 27.9 Å². The van der Waals surface area contributed by atoms with Crippen molar-refractivity contribution in [2.75, 3.05) is 6.61 Å². The second-order valence-electron chi connectivity index (χ2n) is 2.28. The van der Waals surface area contributed by atoms with Crippen LogP contribution in [-0.4, -0.2) is 16.6 Å². The van der Waals surface area contributed by atoms with Gasteiger partial charge in [0.25, 0.3) is 0 Å². The Bertz CT molecular complexity index is 371. The van der Waals surface area contributed by atoms with Crippen LogP contribution >= 0.6 is 23.2 Å². The van der Waals surface area contributed by atoms with Gasteiger partial charge in [-0.05, 0) is 0 Å². The fraction of sp³-hybridized carbons (Fsp3) is 0.333. The van der Waals surface area contributed by atoms with Crippen LogP contribution < -0.4 is 4.74 Å². The Labute approximate surface area is 92.4 Å². The Morgan fingerprint density at radius 3 is 2.86 bits per heavy atom. The molecule has 0 aliphatic carbocycles. The van der Waals surface area contributed by atoms with Crippen molar-refractivity contribution in [1.82, 2.24) is 9.97 Å². The minimum absolute atomic E-state index is 0.181. The largest absolute Gasteiger partial charge is 0.463 e. The molecule has 0 unspecified atom stereocenters. The molecule has 0 spiro atoms. The molecule has 74 valence electrons. The van der Waals surface area contributed by atoms with E-state index in [2.05, 4.69) is 21.8 Å². The van der Waals surface area contributed by atoms with Crippen LogP contribution in [0, 0.1) is 11.8 Å². The van der Waals surface area contributed by atoms with Crippen LogP contribution in [0.1, 0.15) is 13.3 Å². The van der Waals surface area contributed by atoms with Gasteiger partial charge in [0, 0.05) is 6.42 Å². The summed E-state index contributed by atoms with van der Waals surface area (Å²) in [6.45, 7) is 2.21. The molecule has 0 atom stereocenters. The fourth-order valence-electron chi connectivity index (χ4n) is 0.715. The molecule has 0 radical (unpaired) electrons. The molecule has 14 heavy (non-hydrogen) atoms. The molecule has 0 saturated carbocycles. The third-order valence-corrected chi connectivity index (χ3v) is 2.02. The van der Waals surface area contributed by atoms with E-state index >= 15 is 0 Å². The lowest BCUT2D eigenvalue weighted by molar-refractivity contribution is 0.354. The Morgan fingerprint density at radius 2 is 2.14 bits per heavy atom. The van der Waals surface area contributed by atoms with Crippen LogP contribution in [-0.2, 0) is 0 Å². The number of nitrogens with zero attached hydrogens (tertiary/aromatic N) is 2. The van der Waals surface area contributed by atoms with Gasteiger partial charge < -0.3 is 4.74 Å². The smallest absolute Gasteiger partial charge is 0.238 e. The molecule has 3 nitrogen and oxygen atoms in total. The Hall–Kier alpha value is -0.980. The van der Waals surface area contributed by atoms with Crippen LogP contribution in [0.2, 0.25) is 10.2 Å². The highest BCUT2D eigenvalue weighted by Gasteiger charge is 2.06. The van der Waals surface area contributed by atoms with E-state index < -0.39 is 0 Å². The Balaban J connectivity index is 2.63. The minimum atomic E-state index is 0.181. The first-order valence-corrected chi connectivity index (χ1v) is 4.75. The van der Waals surface area contributed by atoms with Gasteiger partial charge in [0.15, 0.2) is 11.8 Å². The van der Waals surface area contributed by atoms with Crippen LogP contribution in [0.5, 0.6) is 5.88 Å². The quantitative estimate of drug-likeness (QED) is 0.579. The van der Waals surface area contributed by atoms with Gasteiger partial charge in [-0.1, -0.05) is 36.0 Å². The normalized spacial score (nSPS) is 9.07. The highest BCUT2D eigenvalue weighted by molar-refractivity contribution is 6.41. The van der Waals surface area contributed by atoms with Gasteiger partial charge in [0.05, 0.1) is 0 Å². The molecule has 0 aromatic carbocycles.